The molecule has 6 aliphatic rings. The second-order valence-corrected chi connectivity index (χ2v) is 8.75. The molecule has 6 fully saturated rings. The van der Waals surface area contributed by atoms with E-state index in [0.29, 0.717) is 0 Å². The maximum absolute atomic E-state index is 2.54. The van der Waals surface area contributed by atoms with Gasteiger partial charge in [0.05, 0.1) is 0 Å². The van der Waals surface area contributed by atoms with Crippen molar-refractivity contribution in [2.24, 2.45) is 41.4 Å². The van der Waals surface area contributed by atoms with Crippen LogP contribution in [0.25, 0.3) is 0 Å². The molecule has 0 aromatic carbocycles. The summed E-state index contributed by atoms with van der Waals surface area (Å²) in [6.45, 7) is 0. The van der Waals surface area contributed by atoms with Crippen LogP contribution < -0.4 is 0 Å². The molecule has 0 amide bonds. The predicted molar refractivity (Wildman–Crippen MR) is 82.8 cm³/mol. The topological polar surface area (TPSA) is 0 Å². The van der Waals surface area contributed by atoms with Crippen molar-refractivity contribution in [3.8, 4) is 0 Å². The third-order valence-electron chi connectivity index (χ3n) is 8.15. The standard InChI is InChI=1S/C10H16.C10H14.Fe/c2*1-2-9-7-4-5-8(6-7)10(9)3-1;/h7-10H,1-6H2;2,7-8,10H,1,3-6H2;. The molecule has 2 radical (unpaired) electrons. The van der Waals surface area contributed by atoms with Gasteiger partial charge in [-0.25, -0.2) is 0 Å². The van der Waals surface area contributed by atoms with E-state index in [1.807, 2.05) is 5.92 Å². The van der Waals surface area contributed by atoms with Crippen LogP contribution in [0.1, 0.15) is 70.6 Å². The average molecular weight is 326 g/mol. The van der Waals surface area contributed by atoms with Crippen LogP contribution in [0, 0.1) is 53.8 Å². The summed E-state index contributed by atoms with van der Waals surface area (Å²) < 4.78 is 0. The fraction of sp³-hybridized carbons (Fsp3) is 0.900. The smallest absolute Gasteiger partial charge is 0 e. The summed E-state index contributed by atoms with van der Waals surface area (Å²) in [5.41, 5.74) is 0. The van der Waals surface area contributed by atoms with Crippen molar-refractivity contribution in [1.29, 1.82) is 0 Å². The molecule has 0 aromatic rings. The van der Waals surface area contributed by atoms with E-state index >= 15 is 0 Å². The summed E-state index contributed by atoms with van der Waals surface area (Å²) in [7, 11) is 0. The molecular formula is C20H30Fe. The van der Waals surface area contributed by atoms with E-state index in [2.05, 4.69) is 6.42 Å². The Bertz CT molecular complexity index is 310. The Morgan fingerprint density at radius 3 is 2.14 bits per heavy atom. The third-order valence-corrected chi connectivity index (χ3v) is 8.15. The largest absolute Gasteiger partial charge is 0.0527 e. The molecule has 7 atom stereocenters. The Balaban J connectivity index is 0.000000105. The zero-order valence-electron chi connectivity index (χ0n) is 13.3. The van der Waals surface area contributed by atoms with Crippen molar-refractivity contribution in [2.75, 3.05) is 0 Å². The van der Waals surface area contributed by atoms with E-state index in [1.54, 1.807) is 51.4 Å². The van der Waals surface area contributed by atoms with Crippen molar-refractivity contribution in [1.82, 2.24) is 0 Å². The Morgan fingerprint density at radius 1 is 0.714 bits per heavy atom. The molecule has 0 spiro atoms. The first-order chi connectivity index (χ1) is 9.90. The Labute approximate surface area is 141 Å². The molecule has 4 bridgehead atoms. The van der Waals surface area contributed by atoms with E-state index in [-0.39, 0.29) is 17.1 Å². The molecule has 0 N–H and O–H groups in total. The normalized spacial score (nSPS) is 52.3. The molecule has 1 heteroatoms. The molecular weight excluding hydrogens is 296 g/mol. The fourth-order valence-electron chi connectivity index (χ4n) is 7.43. The maximum Gasteiger partial charge on any atom is 0 e. The minimum absolute atomic E-state index is 0. The van der Waals surface area contributed by atoms with Gasteiger partial charge in [0.1, 0.15) is 0 Å². The van der Waals surface area contributed by atoms with Crippen LogP contribution in [0.15, 0.2) is 0 Å². The van der Waals surface area contributed by atoms with Crippen LogP contribution in [0.5, 0.6) is 0 Å². The van der Waals surface area contributed by atoms with E-state index in [1.165, 1.54) is 42.9 Å². The predicted octanol–water partition coefficient (Wildman–Crippen LogP) is 5.44. The maximum atomic E-state index is 2.54. The molecule has 118 valence electrons. The summed E-state index contributed by atoms with van der Waals surface area (Å²) >= 11 is 0. The van der Waals surface area contributed by atoms with Crippen molar-refractivity contribution < 1.29 is 17.1 Å². The van der Waals surface area contributed by atoms with Crippen LogP contribution in [0.3, 0.4) is 0 Å². The van der Waals surface area contributed by atoms with Gasteiger partial charge in [-0.15, -0.1) is 0 Å². The second kappa shape index (κ2) is 5.86. The zero-order chi connectivity index (χ0) is 13.1. The van der Waals surface area contributed by atoms with E-state index < -0.39 is 0 Å². The van der Waals surface area contributed by atoms with Gasteiger partial charge in [-0.2, -0.15) is 0 Å². The first-order valence-electron chi connectivity index (χ1n) is 9.60. The monoisotopic (exact) mass is 326 g/mol. The average Bonchev–Trinajstić information content (AvgIpc) is 3.28. The van der Waals surface area contributed by atoms with Crippen molar-refractivity contribution in [2.45, 2.75) is 70.6 Å². The Hall–Kier alpha value is 0.519. The molecule has 6 rings (SSSR count). The third kappa shape index (κ3) is 2.37. The molecule has 0 nitrogen and oxygen atoms in total. The van der Waals surface area contributed by atoms with Gasteiger partial charge in [-0.3, -0.25) is 0 Å². The first kappa shape index (κ1) is 15.1. The van der Waals surface area contributed by atoms with Crippen molar-refractivity contribution in [3.63, 3.8) is 0 Å². The minimum Gasteiger partial charge on any atom is -0.0527 e. The van der Waals surface area contributed by atoms with Crippen molar-refractivity contribution >= 4 is 0 Å². The van der Waals surface area contributed by atoms with E-state index in [9.17, 15) is 0 Å². The van der Waals surface area contributed by atoms with Gasteiger partial charge < -0.3 is 0 Å². The number of hydrogen-bond donors (Lipinski definition) is 0. The number of fused-ring (bicyclic) bond motifs is 10. The van der Waals surface area contributed by atoms with Gasteiger partial charge in [0, 0.05) is 17.1 Å². The zero-order valence-corrected chi connectivity index (χ0v) is 14.4. The molecule has 6 saturated carbocycles. The Kier molecular flexibility index (Phi) is 4.21. The van der Waals surface area contributed by atoms with Crippen LogP contribution in [-0.2, 0) is 17.1 Å². The van der Waals surface area contributed by atoms with Gasteiger partial charge in [0.25, 0.3) is 0 Å². The van der Waals surface area contributed by atoms with Gasteiger partial charge in [-0.05, 0) is 118 Å². The number of hydrogen-bond acceptors (Lipinski definition) is 0. The van der Waals surface area contributed by atoms with Crippen LogP contribution in [0.4, 0.5) is 0 Å². The van der Waals surface area contributed by atoms with Crippen LogP contribution in [0.2, 0.25) is 0 Å². The molecule has 0 saturated heterocycles. The van der Waals surface area contributed by atoms with Gasteiger partial charge in [0.15, 0.2) is 0 Å². The van der Waals surface area contributed by atoms with Gasteiger partial charge >= 0.3 is 0 Å². The molecule has 21 heavy (non-hydrogen) atoms. The first-order valence-corrected chi connectivity index (χ1v) is 9.60. The molecule has 0 heterocycles. The molecule has 7 unspecified atom stereocenters. The van der Waals surface area contributed by atoms with Gasteiger partial charge in [-0.1, -0.05) is 6.42 Å². The summed E-state index contributed by atoms with van der Waals surface area (Å²) in [6.07, 6.45) is 19.6. The molecule has 0 aliphatic heterocycles. The SMILES string of the molecule is C1CC2C3CCC(C3)C2C1.[CH]1CCC2[C]1C1CCC2C1.[Fe]. The molecule has 6 aliphatic carbocycles. The fourth-order valence-corrected chi connectivity index (χ4v) is 7.43. The second-order valence-electron chi connectivity index (χ2n) is 8.75. The van der Waals surface area contributed by atoms with E-state index in [4.69, 9.17) is 0 Å². The van der Waals surface area contributed by atoms with E-state index in [0.717, 1.165) is 17.8 Å². The van der Waals surface area contributed by atoms with Crippen LogP contribution in [-0.4, -0.2) is 0 Å². The van der Waals surface area contributed by atoms with Crippen LogP contribution >= 0.6 is 0 Å². The summed E-state index contributed by atoms with van der Waals surface area (Å²) in [5.74, 6) is 9.92. The minimum atomic E-state index is 0. The summed E-state index contributed by atoms with van der Waals surface area (Å²) in [6, 6.07) is 0. The van der Waals surface area contributed by atoms with Gasteiger partial charge in [0.2, 0.25) is 0 Å². The quantitative estimate of drug-likeness (QED) is 0.520. The Morgan fingerprint density at radius 2 is 1.43 bits per heavy atom. The number of rotatable bonds is 0. The molecule has 0 aromatic heterocycles. The van der Waals surface area contributed by atoms with Crippen molar-refractivity contribution in [3.05, 3.63) is 12.3 Å². The summed E-state index contributed by atoms with van der Waals surface area (Å²) in [5, 5.41) is 0. The summed E-state index contributed by atoms with van der Waals surface area (Å²) in [4.78, 5) is 0.